The Morgan fingerprint density at radius 3 is 2.62 bits per heavy atom. The Kier molecular flexibility index (Phi) is 5.59. The van der Waals surface area contributed by atoms with Gasteiger partial charge in [-0.25, -0.2) is 4.79 Å². The van der Waals surface area contributed by atoms with E-state index < -0.39 is 18.0 Å². The molecule has 1 unspecified atom stereocenters. The summed E-state index contributed by atoms with van der Waals surface area (Å²) in [7, 11) is 0. The van der Waals surface area contributed by atoms with E-state index in [4.69, 9.17) is 5.11 Å². The van der Waals surface area contributed by atoms with Crippen molar-refractivity contribution in [3.8, 4) is 0 Å². The predicted octanol–water partition coefficient (Wildman–Crippen LogP) is 1.36. The fourth-order valence-electron chi connectivity index (χ4n) is 0.744. The number of rotatable bonds is 6. The van der Waals surface area contributed by atoms with Gasteiger partial charge in [-0.1, -0.05) is 13.0 Å². The van der Waals surface area contributed by atoms with Crippen LogP contribution in [0.15, 0.2) is 12.7 Å². The summed E-state index contributed by atoms with van der Waals surface area (Å²) in [5.74, 6) is -1.60. The minimum Gasteiger partial charge on any atom is -0.479 e. The molecule has 0 aromatic rings. The molecule has 0 aromatic heterocycles. The first-order valence-corrected chi connectivity index (χ1v) is 4.15. The minimum absolute atomic E-state index is 0.192. The first-order chi connectivity index (χ1) is 6.11. The summed E-state index contributed by atoms with van der Waals surface area (Å²) in [6.45, 7) is 5.08. The van der Waals surface area contributed by atoms with E-state index in [1.54, 1.807) is 13.0 Å². The second kappa shape index (κ2) is 6.22. The molecule has 1 atom stereocenters. The summed E-state index contributed by atoms with van der Waals surface area (Å²) in [5.41, 5.74) is 0. The number of hydrogen-bond donors (Lipinski definition) is 1. The maximum absolute atomic E-state index is 10.8. The maximum atomic E-state index is 10.8. The lowest BCUT2D eigenvalue weighted by atomic mass is 10.2. The number of carbonyl (C=O) groups is 2. The molecule has 0 aliphatic carbocycles. The molecule has 0 rings (SSSR count). The van der Waals surface area contributed by atoms with Crippen molar-refractivity contribution in [2.24, 2.45) is 0 Å². The normalized spacial score (nSPS) is 11.8. The van der Waals surface area contributed by atoms with Gasteiger partial charge in [0, 0.05) is 6.42 Å². The SMILES string of the molecule is C=CCCC(OC(=O)CC)C(=O)O. The molecule has 4 nitrogen and oxygen atoms in total. The molecule has 0 aliphatic rings. The lowest BCUT2D eigenvalue weighted by molar-refractivity contribution is -0.164. The molecule has 13 heavy (non-hydrogen) atoms. The van der Waals surface area contributed by atoms with E-state index in [9.17, 15) is 9.59 Å². The van der Waals surface area contributed by atoms with Crippen molar-refractivity contribution in [1.29, 1.82) is 0 Å². The first-order valence-electron chi connectivity index (χ1n) is 4.15. The molecule has 0 aliphatic heterocycles. The molecule has 0 saturated heterocycles. The number of hydrogen-bond acceptors (Lipinski definition) is 3. The standard InChI is InChI=1S/C9H14O4/c1-3-5-6-7(9(11)12)13-8(10)4-2/h3,7H,1,4-6H2,2H3,(H,11,12). The van der Waals surface area contributed by atoms with Gasteiger partial charge < -0.3 is 9.84 Å². The van der Waals surface area contributed by atoms with E-state index in [1.165, 1.54) is 0 Å². The van der Waals surface area contributed by atoms with Crippen LogP contribution in [-0.2, 0) is 14.3 Å². The summed E-state index contributed by atoms with van der Waals surface area (Å²) in [4.78, 5) is 21.3. The Morgan fingerprint density at radius 1 is 1.62 bits per heavy atom. The van der Waals surface area contributed by atoms with E-state index in [2.05, 4.69) is 11.3 Å². The Bertz CT molecular complexity index is 198. The van der Waals surface area contributed by atoms with E-state index in [-0.39, 0.29) is 12.8 Å². The van der Waals surface area contributed by atoms with Crippen LogP contribution in [0.4, 0.5) is 0 Å². The monoisotopic (exact) mass is 186 g/mol. The fourth-order valence-corrected chi connectivity index (χ4v) is 0.744. The highest BCUT2D eigenvalue weighted by molar-refractivity contribution is 5.77. The van der Waals surface area contributed by atoms with Crippen LogP contribution in [-0.4, -0.2) is 23.1 Å². The second-order valence-corrected chi connectivity index (χ2v) is 2.54. The van der Waals surface area contributed by atoms with Crippen LogP contribution in [0.25, 0.3) is 0 Å². The van der Waals surface area contributed by atoms with Gasteiger partial charge in [-0.3, -0.25) is 4.79 Å². The summed E-state index contributed by atoms with van der Waals surface area (Å²) in [6, 6.07) is 0. The smallest absolute Gasteiger partial charge is 0.345 e. The zero-order valence-corrected chi connectivity index (χ0v) is 7.66. The van der Waals surface area contributed by atoms with Gasteiger partial charge in [0.1, 0.15) is 0 Å². The lowest BCUT2D eigenvalue weighted by Crippen LogP contribution is -2.26. The van der Waals surface area contributed by atoms with Crippen molar-refractivity contribution < 1.29 is 19.4 Å². The molecule has 0 fully saturated rings. The Hall–Kier alpha value is -1.32. The fraction of sp³-hybridized carbons (Fsp3) is 0.556. The van der Waals surface area contributed by atoms with Crippen LogP contribution in [0, 0.1) is 0 Å². The van der Waals surface area contributed by atoms with Gasteiger partial charge in [-0.15, -0.1) is 6.58 Å². The number of carbonyl (C=O) groups excluding carboxylic acids is 1. The summed E-state index contributed by atoms with van der Waals surface area (Å²) in [5, 5.41) is 8.63. The molecule has 0 radical (unpaired) electrons. The second-order valence-electron chi connectivity index (χ2n) is 2.54. The quantitative estimate of drug-likeness (QED) is 0.502. The third-order valence-corrected chi connectivity index (χ3v) is 1.47. The van der Waals surface area contributed by atoms with Crippen molar-refractivity contribution in [3.63, 3.8) is 0 Å². The predicted molar refractivity (Wildman–Crippen MR) is 47.2 cm³/mol. The average Bonchev–Trinajstić information content (AvgIpc) is 2.11. The summed E-state index contributed by atoms with van der Waals surface area (Å²) >= 11 is 0. The van der Waals surface area contributed by atoms with Crippen molar-refractivity contribution in [3.05, 3.63) is 12.7 Å². The number of esters is 1. The molecule has 74 valence electrons. The Balaban J connectivity index is 4.01. The van der Waals surface area contributed by atoms with Crippen LogP contribution in [0.5, 0.6) is 0 Å². The van der Waals surface area contributed by atoms with Crippen LogP contribution >= 0.6 is 0 Å². The van der Waals surface area contributed by atoms with E-state index in [0.29, 0.717) is 6.42 Å². The van der Waals surface area contributed by atoms with Crippen LogP contribution in [0.2, 0.25) is 0 Å². The molecule has 0 heterocycles. The van der Waals surface area contributed by atoms with E-state index in [1.807, 2.05) is 0 Å². The summed E-state index contributed by atoms with van der Waals surface area (Å²) < 4.78 is 4.68. The van der Waals surface area contributed by atoms with E-state index >= 15 is 0 Å². The van der Waals surface area contributed by atoms with Gasteiger partial charge in [-0.2, -0.15) is 0 Å². The van der Waals surface area contributed by atoms with Crippen molar-refractivity contribution in [2.75, 3.05) is 0 Å². The molecular weight excluding hydrogens is 172 g/mol. The lowest BCUT2D eigenvalue weighted by Gasteiger charge is -2.11. The van der Waals surface area contributed by atoms with Gasteiger partial charge >= 0.3 is 11.9 Å². The van der Waals surface area contributed by atoms with E-state index in [0.717, 1.165) is 0 Å². The van der Waals surface area contributed by atoms with Gasteiger partial charge in [0.15, 0.2) is 6.10 Å². The molecule has 1 N–H and O–H groups in total. The van der Waals surface area contributed by atoms with Crippen LogP contribution in [0.3, 0.4) is 0 Å². The number of ether oxygens (including phenoxy) is 1. The van der Waals surface area contributed by atoms with Crippen LogP contribution in [0.1, 0.15) is 26.2 Å². The van der Waals surface area contributed by atoms with Gasteiger partial charge in [0.25, 0.3) is 0 Å². The van der Waals surface area contributed by atoms with Gasteiger partial charge in [0.2, 0.25) is 0 Å². The molecular formula is C9H14O4. The average molecular weight is 186 g/mol. The van der Waals surface area contributed by atoms with Crippen molar-refractivity contribution in [2.45, 2.75) is 32.3 Å². The third-order valence-electron chi connectivity index (χ3n) is 1.47. The molecule has 0 saturated carbocycles. The molecule has 0 amide bonds. The topological polar surface area (TPSA) is 63.6 Å². The third kappa shape index (κ3) is 5.00. The number of allylic oxidation sites excluding steroid dienone is 1. The molecule has 0 bridgehead atoms. The van der Waals surface area contributed by atoms with Gasteiger partial charge in [0.05, 0.1) is 0 Å². The summed E-state index contributed by atoms with van der Waals surface area (Å²) in [6.07, 6.45) is 1.55. The highest BCUT2D eigenvalue weighted by Gasteiger charge is 2.20. The van der Waals surface area contributed by atoms with Crippen LogP contribution < -0.4 is 0 Å². The number of carboxylic acid groups (broad SMARTS) is 1. The zero-order valence-electron chi connectivity index (χ0n) is 7.66. The highest BCUT2D eigenvalue weighted by Crippen LogP contribution is 2.04. The molecule has 0 aromatic carbocycles. The highest BCUT2D eigenvalue weighted by atomic mass is 16.6. The Morgan fingerprint density at radius 2 is 2.23 bits per heavy atom. The largest absolute Gasteiger partial charge is 0.479 e. The minimum atomic E-state index is -1.11. The van der Waals surface area contributed by atoms with Crippen molar-refractivity contribution >= 4 is 11.9 Å². The molecule has 4 heteroatoms. The number of aliphatic carboxylic acids is 1. The Labute approximate surface area is 77.2 Å². The van der Waals surface area contributed by atoms with Gasteiger partial charge in [-0.05, 0) is 12.8 Å². The molecule has 0 spiro atoms. The maximum Gasteiger partial charge on any atom is 0.345 e. The first kappa shape index (κ1) is 11.7. The number of carboxylic acids is 1. The zero-order chi connectivity index (χ0) is 10.3. The van der Waals surface area contributed by atoms with Crippen molar-refractivity contribution in [1.82, 2.24) is 0 Å².